The summed E-state index contributed by atoms with van der Waals surface area (Å²) in [6.07, 6.45) is 2.77. The zero-order valence-corrected chi connectivity index (χ0v) is 11.1. The Balaban J connectivity index is 2.14. The van der Waals surface area contributed by atoms with Crippen LogP contribution in [-0.4, -0.2) is 47.1 Å². The van der Waals surface area contributed by atoms with Crippen LogP contribution in [0.5, 0.6) is 0 Å². The van der Waals surface area contributed by atoms with Gasteiger partial charge in [0.15, 0.2) is 0 Å². The number of likely N-dealkylation sites (tertiary alicyclic amines) is 1. The molecular formula is C13H22N2O3. The maximum absolute atomic E-state index is 12.5. The average Bonchev–Trinajstić information content (AvgIpc) is 2.73. The van der Waals surface area contributed by atoms with E-state index in [9.17, 15) is 14.7 Å². The van der Waals surface area contributed by atoms with Crippen molar-refractivity contribution in [3.63, 3.8) is 0 Å². The van der Waals surface area contributed by atoms with Crippen molar-refractivity contribution in [2.75, 3.05) is 13.1 Å². The number of carboxylic acid groups (broad SMARTS) is 1. The summed E-state index contributed by atoms with van der Waals surface area (Å²) in [5, 5.41) is 12.5. The van der Waals surface area contributed by atoms with Crippen LogP contribution in [0.25, 0.3) is 0 Å². The van der Waals surface area contributed by atoms with Gasteiger partial charge in [0.25, 0.3) is 0 Å². The molecule has 2 aliphatic heterocycles. The Hall–Kier alpha value is -1.10. The highest BCUT2D eigenvalue weighted by Crippen LogP contribution is 2.26. The van der Waals surface area contributed by atoms with Crippen LogP contribution in [-0.2, 0) is 9.59 Å². The molecule has 5 heteroatoms. The minimum absolute atomic E-state index is 0.0287. The van der Waals surface area contributed by atoms with Crippen LogP contribution in [0.1, 0.15) is 33.1 Å². The van der Waals surface area contributed by atoms with Gasteiger partial charge in [-0.15, -0.1) is 0 Å². The molecule has 2 saturated heterocycles. The Morgan fingerprint density at radius 3 is 2.50 bits per heavy atom. The van der Waals surface area contributed by atoms with E-state index in [1.54, 1.807) is 4.90 Å². The molecule has 0 radical (unpaired) electrons. The van der Waals surface area contributed by atoms with E-state index in [1.807, 2.05) is 13.8 Å². The summed E-state index contributed by atoms with van der Waals surface area (Å²) < 4.78 is 0. The molecule has 18 heavy (non-hydrogen) atoms. The molecule has 2 rings (SSSR count). The quantitative estimate of drug-likeness (QED) is 0.761. The molecule has 4 atom stereocenters. The number of piperidine rings is 1. The van der Waals surface area contributed by atoms with Crippen molar-refractivity contribution in [1.82, 2.24) is 10.2 Å². The molecule has 2 heterocycles. The van der Waals surface area contributed by atoms with Crippen LogP contribution in [0.4, 0.5) is 0 Å². The van der Waals surface area contributed by atoms with E-state index < -0.39 is 12.0 Å². The second-order valence-corrected chi connectivity index (χ2v) is 5.63. The Kier molecular flexibility index (Phi) is 3.90. The van der Waals surface area contributed by atoms with Crippen LogP contribution >= 0.6 is 0 Å². The van der Waals surface area contributed by atoms with Crippen LogP contribution in [0, 0.1) is 11.8 Å². The van der Waals surface area contributed by atoms with Crippen molar-refractivity contribution in [2.24, 2.45) is 11.8 Å². The number of nitrogens with zero attached hydrogens (tertiary/aromatic N) is 1. The summed E-state index contributed by atoms with van der Waals surface area (Å²) in [6, 6.07) is -0.849. The van der Waals surface area contributed by atoms with E-state index >= 15 is 0 Å². The smallest absolute Gasteiger partial charge is 0.326 e. The monoisotopic (exact) mass is 254 g/mol. The molecule has 1 amide bonds. The van der Waals surface area contributed by atoms with Crippen molar-refractivity contribution >= 4 is 11.9 Å². The van der Waals surface area contributed by atoms with Gasteiger partial charge in [-0.25, -0.2) is 4.79 Å². The normalized spacial score (nSPS) is 36.7. The van der Waals surface area contributed by atoms with Gasteiger partial charge in [-0.3, -0.25) is 4.79 Å². The summed E-state index contributed by atoms with van der Waals surface area (Å²) in [6.45, 7) is 5.39. The molecule has 0 aromatic rings. The summed E-state index contributed by atoms with van der Waals surface area (Å²) in [5.41, 5.74) is 0. The third kappa shape index (κ3) is 2.36. The zero-order valence-electron chi connectivity index (χ0n) is 11.1. The Labute approximate surface area is 108 Å². The van der Waals surface area contributed by atoms with Gasteiger partial charge in [0, 0.05) is 6.54 Å². The predicted molar refractivity (Wildman–Crippen MR) is 67.1 cm³/mol. The number of nitrogens with one attached hydrogen (secondary N) is 1. The fourth-order valence-corrected chi connectivity index (χ4v) is 3.16. The molecule has 4 unspecified atom stereocenters. The number of hydrogen-bond acceptors (Lipinski definition) is 3. The Morgan fingerprint density at radius 1 is 1.22 bits per heavy atom. The molecule has 0 aromatic heterocycles. The Bertz CT molecular complexity index is 345. The van der Waals surface area contributed by atoms with Crippen molar-refractivity contribution in [3.8, 4) is 0 Å². The average molecular weight is 254 g/mol. The minimum Gasteiger partial charge on any atom is -0.480 e. The molecule has 0 bridgehead atoms. The van der Waals surface area contributed by atoms with Crippen LogP contribution in [0.3, 0.4) is 0 Å². The summed E-state index contributed by atoms with van der Waals surface area (Å²) in [4.78, 5) is 25.4. The van der Waals surface area contributed by atoms with Crippen molar-refractivity contribution in [2.45, 2.75) is 45.2 Å². The molecule has 0 aliphatic carbocycles. The van der Waals surface area contributed by atoms with Crippen molar-refractivity contribution < 1.29 is 14.7 Å². The molecule has 2 fully saturated rings. The topological polar surface area (TPSA) is 69.6 Å². The first-order chi connectivity index (χ1) is 8.52. The predicted octanol–water partition coefficient (Wildman–Crippen LogP) is 0.696. The highest BCUT2D eigenvalue weighted by atomic mass is 16.4. The molecule has 2 N–H and O–H groups in total. The second-order valence-electron chi connectivity index (χ2n) is 5.63. The lowest BCUT2D eigenvalue weighted by molar-refractivity contribution is -0.155. The number of hydrogen-bond donors (Lipinski definition) is 2. The Morgan fingerprint density at radius 2 is 1.94 bits per heavy atom. The first kappa shape index (κ1) is 13.3. The van der Waals surface area contributed by atoms with Gasteiger partial charge < -0.3 is 15.3 Å². The second kappa shape index (κ2) is 5.26. The maximum Gasteiger partial charge on any atom is 0.326 e. The van der Waals surface area contributed by atoms with Gasteiger partial charge >= 0.3 is 5.97 Å². The summed E-state index contributed by atoms with van der Waals surface area (Å²) in [7, 11) is 0. The van der Waals surface area contributed by atoms with E-state index in [0.29, 0.717) is 12.5 Å². The third-order valence-corrected chi connectivity index (χ3v) is 4.27. The number of rotatable bonds is 2. The number of carboxylic acids is 1. The van der Waals surface area contributed by atoms with Gasteiger partial charge in [-0.2, -0.15) is 0 Å². The van der Waals surface area contributed by atoms with E-state index in [2.05, 4.69) is 5.32 Å². The van der Waals surface area contributed by atoms with E-state index in [1.165, 1.54) is 0 Å². The van der Waals surface area contributed by atoms with E-state index in [4.69, 9.17) is 0 Å². The molecule has 0 saturated carbocycles. The zero-order chi connectivity index (χ0) is 13.3. The number of carbonyl (C=O) groups excluding carboxylic acids is 1. The molecule has 5 nitrogen and oxygen atoms in total. The van der Waals surface area contributed by atoms with Gasteiger partial charge in [-0.05, 0) is 37.6 Å². The van der Waals surface area contributed by atoms with Gasteiger partial charge in [-0.1, -0.05) is 13.8 Å². The SMILES string of the molecule is CC1CCNC1C(=O)N1CCCC(C)C1C(=O)O. The molecular weight excluding hydrogens is 232 g/mol. The molecule has 0 aromatic carbocycles. The number of amides is 1. The fraction of sp³-hybridized carbons (Fsp3) is 0.846. The van der Waals surface area contributed by atoms with Crippen LogP contribution in [0.2, 0.25) is 0 Å². The lowest BCUT2D eigenvalue weighted by Crippen LogP contribution is -2.57. The van der Waals surface area contributed by atoms with Crippen LogP contribution in [0.15, 0.2) is 0 Å². The third-order valence-electron chi connectivity index (χ3n) is 4.27. The summed E-state index contributed by atoms with van der Waals surface area (Å²) in [5.74, 6) is -0.568. The lowest BCUT2D eigenvalue weighted by atomic mass is 9.89. The van der Waals surface area contributed by atoms with Crippen molar-refractivity contribution in [3.05, 3.63) is 0 Å². The maximum atomic E-state index is 12.5. The first-order valence-corrected chi connectivity index (χ1v) is 6.79. The largest absolute Gasteiger partial charge is 0.480 e. The minimum atomic E-state index is -0.874. The summed E-state index contributed by atoms with van der Waals surface area (Å²) >= 11 is 0. The number of carbonyl (C=O) groups is 2. The van der Waals surface area contributed by atoms with Crippen molar-refractivity contribution in [1.29, 1.82) is 0 Å². The first-order valence-electron chi connectivity index (χ1n) is 6.79. The van der Waals surface area contributed by atoms with Gasteiger partial charge in [0.2, 0.25) is 5.91 Å². The van der Waals surface area contributed by atoms with Gasteiger partial charge in [0.05, 0.1) is 6.04 Å². The van der Waals surface area contributed by atoms with Crippen LogP contribution < -0.4 is 5.32 Å². The fourth-order valence-electron chi connectivity index (χ4n) is 3.16. The lowest BCUT2D eigenvalue weighted by Gasteiger charge is -2.39. The van der Waals surface area contributed by atoms with E-state index in [0.717, 1.165) is 25.8 Å². The van der Waals surface area contributed by atoms with E-state index in [-0.39, 0.29) is 17.9 Å². The van der Waals surface area contributed by atoms with Gasteiger partial charge in [0.1, 0.15) is 6.04 Å². The molecule has 2 aliphatic rings. The highest BCUT2D eigenvalue weighted by Gasteiger charge is 2.41. The molecule has 0 spiro atoms. The highest BCUT2D eigenvalue weighted by molar-refractivity contribution is 5.87. The molecule has 102 valence electrons. The standard InChI is InChI=1S/C13H22N2O3/c1-8-5-6-14-10(8)12(16)15-7-3-4-9(2)11(15)13(17)18/h8-11,14H,3-7H2,1-2H3,(H,17,18). The number of aliphatic carboxylic acids is 1.